The summed E-state index contributed by atoms with van der Waals surface area (Å²) in [7, 11) is 1.53. The number of esters is 1. The van der Waals surface area contributed by atoms with Gasteiger partial charge in [-0.2, -0.15) is 5.26 Å². The van der Waals surface area contributed by atoms with Crippen LogP contribution < -0.4 is 29.4 Å². The Morgan fingerprint density at radius 1 is 0.950 bits per heavy atom. The number of rotatable bonds is 13. The van der Waals surface area contributed by atoms with Crippen molar-refractivity contribution in [2.75, 3.05) is 20.3 Å². The Hall–Kier alpha value is -4.64. The molecule has 0 saturated carbocycles. The zero-order valence-corrected chi connectivity index (χ0v) is 22.9. The van der Waals surface area contributed by atoms with Crippen molar-refractivity contribution in [1.29, 1.82) is 5.26 Å². The van der Waals surface area contributed by atoms with Gasteiger partial charge in [0.05, 0.1) is 19.6 Å². The van der Waals surface area contributed by atoms with Crippen molar-refractivity contribution in [3.8, 4) is 34.8 Å². The maximum absolute atomic E-state index is 12.5. The molecule has 0 aliphatic carbocycles. The van der Waals surface area contributed by atoms with E-state index in [0.717, 1.165) is 29.7 Å². The number of allylic oxidation sites excluding steroid dienone is 1. The molecule has 0 fully saturated rings. The molecule has 4 rings (SSSR count). The summed E-state index contributed by atoms with van der Waals surface area (Å²) in [4.78, 5) is 12.5. The van der Waals surface area contributed by atoms with Crippen LogP contribution in [-0.4, -0.2) is 26.3 Å². The highest BCUT2D eigenvalue weighted by molar-refractivity contribution is 5.74. The predicted octanol–water partition coefficient (Wildman–Crippen LogP) is 6.25. The van der Waals surface area contributed by atoms with Crippen LogP contribution in [0.2, 0.25) is 0 Å². The van der Waals surface area contributed by atoms with Gasteiger partial charge in [0.1, 0.15) is 28.9 Å². The zero-order valence-electron chi connectivity index (χ0n) is 22.9. The first-order valence-electron chi connectivity index (χ1n) is 13.4. The van der Waals surface area contributed by atoms with E-state index in [1.165, 1.54) is 26.4 Å². The first kappa shape index (κ1) is 28.4. The molecule has 40 heavy (non-hydrogen) atoms. The quantitative estimate of drug-likeness (QED) is 0.153. The lowest BCUT2D eigenvalue weighted by molar-refractivity contribution is -0.136. The summed E-state index contributed by atoms with van der Waals surface area (Å²) in [5.74, 6) is 1.38. The number of hydrogen-bond donors (Lipinski definition) is 1. The van der Waals surface area contributed by atoms with Crippen molar-refractivity contribution >= 4 is 5.97 Å². The standard InChI is InChI=1S/C32H34N2O6/c1-3-4-5-6-9-18-37-23-14-12-22(13-15-23)31-25-17-16-24(19-29(25)40-32(34)26(31)20-33)39-30(35)21-38-28-11-8-7-10-27(28)36-2/h7-8,10-17,19,31H,3-6,9,18,21,34H2,1-2H3. The Kier molecular flexibility index (Phi) is 9.89. The van der Waals surface area contributed by atoms with Crippen LogP contribution in [0.5, 0.6) is 28.7 Å². The highest BCUT2D eigenvalue weighted by Crippen LogP contribution is 2.43. The summed E-state index contributed by atoms with van der Waals surface area (Å²) in [5.41, 5.74) is 8.06. The van der Waals surface area contributed by atoms with Gasteiger partial charge in [0.2, 0.25) is 5.88 Å². The summed E-state index contributed by atoms with van der Waals surface area (Å²) in [5, 5.41) is 9.86. The number of nitrogens with two attached hydrogens (primary N) is 1. The third-order valence-electron chi connectivity index (χ3n) is 6.57. The van der Waals surface area contributed by atoms with Crippen molar-refractivity contribution in [3.05, 3.63) is 89.3 Å². The van der Waals surface area contributed by atoms with Crippen molar-refractivity contribution in [1.82, 2.24) is 0 Å². The molecule has 3 aromatic carbocycles. The second kappa shape index (κ2) is 13.9. The number of nitriles is 1. The second-order valence-corrected chi connectivity index (χ2v) is 9.37. The van der Waals surface area contributed by atoms with Crippen molar-refractivity contribution < 1.29 is 28.5 Å². The molecule has 0 bridgehead atoms. The number of unbranched alkanes of at least 4 members (excludes halogenated alkanes) is 4. The zero-order chi connectivity index (χ0) is 28.3. The minimum atomic E-state index is -0.597. The minimum Gasteiger partial charge on any atom is -0.494 e. The fourth-order valence-electron chi connectivity index (χ4n) is 4.53. The van der Waals surface area contributed by atoms with Gasteiger partial charge in [-0.3, -0.25) is 0 Å². The molecule has 0 saturated heterocycles. The highest BCUT2D eigenvalue weighted by atomic mass is 16.6. The predicted molar refractivity (Wildman–Crippen MR) is 151 cm³/mol. The topological polar surface area (TPSA) is 113 Å². The number of carbonyl (C=O) groups is 1. The summed E-state index contributed by atoms with van der Waals surface area (Å²) in [6.07, 6.45) is 5.87. The first-order valence-corrected chi connectivity index (χ1v) is 13.4. The Balaban J connectivity index is 1.44. The van der Waals surface area contributed by atoms with Crippen LogP contribution in [0.4, 0.5) is 0 Å². The molecule has 0 radical (unpaired) electrons. The van der Waals surface area contributed by atoms with Crippen LogP contribution in [0.3, 0.4) is 0 Å². The minimum absolute atomic E-state index is 0.00962. The lowest BCUT2D eigenvalue weighted by Crippen LogP contribution is -2.21. The van der Waals surface area contributed by atoms with Gasteiger partial charge >= 0.3 is 5.97 Å². The molecule has 3 aromatic rings. The molecule has 1 aliphatic rings. The Labute approximate surface area is 234 Å². The van der Waals surface area contributed by atoms with Gasteiger partial charge in [-0.15, -0.1) is 0 Å². The lowest BCUT2D eigenvalue weighted by atomic mass is 9.83. The molecule has 0 spiro atoms. The number of methoxy groups -OCH3 is 1. The van der Waals surface area contributed by atoms with Crippen LogP contribution >= 0.6 is 0 Å². The third-order valence-corrected chi connectivity index (χ3v) is 6.57. The molecule has 1 unspecified atom stereocenters. The third kappa shape index (κ3) is 7.06. The highest BCUT2D eigenvalue weighted by Gasteiger charge is 2.31. The maximum Gasteiger partial charge on any atom is 0.349 e. The number of hydrogen-bond acceptors (Lipinski definition) is 8. The van der Waals surface area contributed by atoms with Crippen LogP contribution in [0.25, 0.3) is 0 Å². The van der Waals surface area contributed by atoms with Gasteiger partial charge < -0.3 is 29.4 Å². The summed E-state index contributed by atoms with van der Waals surface area (Å²) >= 11 is 0. The molecule has 8 nitrogen and oxygen atoms in total. The van der Waals surface area contributed by atoms with E-state index in [-0.39, 0.29) is 18.2 Å². The fraction of sp³-hybridized carbons (Fsp3) is 0.312. The Morgan fingerprint density at radius 2 is 1.68 bits per heavy atom. The second-order valence-electron chi connectivity index (χ2n) is 9.37. The van der Waals surface area contributed by atoms with E-state index in [9.17, 15) is 10.1 Å². The Morgan fingerprint density at radius 3 is 2.40 bits per heavy atom. The Bertz CT molecular complexity index is 1380. The van der Waals surface area contributed by atoms with Gasteiger partial charge in [0.25, 0.3) is 0 Å². The molecule has 208 valence electrons. The molecule has 8 heteroatoms. The van der Waals surface area contributed by atoms with Crippen LogP contribution in [0.1, 0.15) is 56.1 Å². The number of para-hydroxylation sites is 2. The van der Waals surface area contributed by atoms with E-state index in [0.29, 0.717) is 29.4 Å². The molecule has 0 amide bonds. The maximum atomic E-state index is 12.5. The number of carbonyl (C=O) groups excluding carboxylic acids is 1. The van der Waals surface area contributed by atoms with Crippen molar-refractivity contribution in [2.45, 2.75) is 44.9 Å². The van der Waals surface area contributed by atoms with Crippen molar-refractivity contribution in [3.63, 3.8) is 0 Å². The molecule has 0 aromatic heterocycles. The van der Waals surface area contributed by atoms with Gasteiger partial charge in [-0.25, -0.2) is 4.79 Å². The SMILES string of the molecule is CCCCCCCOc1ccc(C2C(C#N)=C(N)Oc3cc(OC(=O)COc4ccccc4OC)ccc32)cc1. The molecule has 2 N–H and O–H groups in total. The average molecular weight is 543 g/mol. The van der Waals surface area contributed by atoms with Gasteiger partial charge in [-0.05, 0) is 42.3 Å². The van der Waals surface area contributed by atoms with E-state index >= 15 is 0 Å². The molecular weight excluding hydrogens is 508 g/mol. The first-order chi connectivity index (χ1) is 19.5. The van der Waals surface area contributed by atoms with Crippen LogP contribution in [-0.2, 0) is 4.79 Å². The number of ether oxygens (including phenoxy) is 5. The van der Waals surface area contributed by atoms with E-state index in [1.807, 2.05) is 24.3 Å². The van der Waals surface area contributed by atoms with Gasteiger partial charge in [0.15, 0.2) is 18.1 Å². The van der Waals surface area contributed by atoms with Gasteiger partial charge in [-0.1, -0.05) is 62.9 Å². The van der Waals surface area contributed by atoms with Gasteiger partial charge in [0, 0.05) is 11.6 Å². The molecule has 1 atom stereocenters. The molecular formula is C32H34N2O6. The average Bonchev–Trinajstić information content (AvgIpc) is 2.97. The largest absolute Gasteiger partial charge is 0.494 e. The smallest absolute Gasteiger partial charge is 0.349 e. The number of nitrogens with zero attached hydrogens (tertiary/aromatic N) is 1. The van der Waals surface area contributed by atoms with E-state index in [2.05, 4.69) is 13.0 Å². The number of fused-ring (bicyclic) bond motifs is 1. The van der Waals surface area contributed by atoms with Crippen LogP contribution in [0, 0.1) is 11.3 Å². The lowest BCUT2D eigenvalue weighted by Gasteiger charge is -2.26. The number of benzene rings is 3. The van der Waals surface area contributed by atoms with E-state index in [1.54, 1.807) is 42.5 Å². The molecule has 1 heterocycles. The van der Waals surface area contributed by atoms with Crippen molar-refractivity contribution in [2.24, 2.45) is 5.73 Å². The summed E-state index contributed by atoms with van der Waals surface area (Å²) in [6.45, 7) is 2.56. The summed E-state index contributed by atoms with van der Waals surface area (Å²) < 4.78 is 27.9. The monoisotopic (exact) mass is 542 g/mol. The van der Waals surface area contributed by atoms with Crippen LogP contribution in [0.15, 0.2) is 78.2 Å². The normalized spacial score (nSPS) is 14.0. The fourth-order valence-corrected chi connectivity index (χ4v) is 4.53. The molecule has 1 aliphatic heterocycles. The van der Waals surface area contributed by atoms with E-state index < -0.39 is 11.9 Å². The van der Waals surface area contributed by atoms with E-state index in [4.69, 9.17) is 29.4 Å². The summed E-state index contributed by atoms with van der Waals surface area (Å²) in [6, 6.07) is 21.9.